The van der Waals surface area contributed by atoms with Crippen LogP contribution in [0.4, 0.5) is 0 Å². The standard InChI is InChI=1S/C10H10Cl2N4O2/c11-7-3-1-2-6(9(7)12)4-15-16(10(13)14)5-8(17)18/h1-4H,5H2,(H3,13,14)(H,17,18)/p-1/b15-4+. The van der Waals surface area contributed by atoms with Crippen LogP contribution in [0.15, 0.2) is 23.3 Å². The number of halogens is 2. The van der Waals surface area contributed by atoms with Crippen LogP contribution < -0.4 is 10.8 Å². The Morgan fingerprint density at radius 3 is 2.78 bits per heavy atom. The summed E-state index contributed by atoms with van der Waals surface area (Å²) < 4.78 is 0. The van der Waals surface area contributed by atoms with E-state index in [1.165, 1.54) is 6.21 Å². The molecule has 1 aromatic rings. The van der Waals surface area contributed by atoms with E-state index in [1.54, 1.807) is 18.2 Å². The molecule has 0 saturated heterocycles. The van der Waals surface area contributed by atoms with Crippen LogP contribution in [0.25, 0.3) is 0 Å². The average Bonchev–Trinajstić information content (AvgIpc) is 2.28. The Morgan fingerprint density at radius 2 is 2.22 bits per heavy atom. The van der Waals surface area contributed by atoms with Crippen LogP contribution in [0.2, 0.25) is 10.0 Å². The Hall–Kier alpha value is -1.79. The Labute approximate surface area is 113 Å². The summed E-state index contributed by atoms with van der Waals surface area (Å²) in [5.41, 5.74) is 5.64. The normalized spacial score (nSPS) is 10.6. The molecule has 0 aliphatic heterocycles. The van der Waals surface area contributed by atoms with Crippen LogP contribution in [0.1, 0.15) is 5.56 Å². The predicted octanol–water partition coefficient (Wildman–Crippen LogP) is 0.273. The van der Waals surface area contributed by atoms with Crippen LogP contribution in [0.3, 0.4) is 0 Å². The molecule has 1 aromatic carbocycles. The molecule has 0 aliphatic carbocycles. The van der Waals surface area contributed by atoms with E-state index in [-0.39, 0.29) is 5.02 Å². The quantitative estimate of drug-likeness (QED) is 0.471. The van der Waals surface area contributed by atoms with Crippen LogP contribution in [0, 0.1) is 5.41 Å². The van der Waals surface area contributed by atoms with Gasteiger partial charge in [0.2, 0.25) is 5.96 Å². The topological polar surface area (TPSA) is 106 Å². The molecule has 18 heavy (non-hydrogen) atoms. The van der Waals surface area contributed by atoms with Crippen LogP contribution in [0.5, 0.6) is 0 Å². The van der Waals surface area contributed by atoms with E-state index in [0.29, 0.717) is 10.6 Å². The number of carbonyl (C=O) groups excluding carboxylic acids is 1. The number of hydrazone groups is 1. The van der Waals surface area contributed by atoms with E-state index in [1.807, 2.05) is 0 Å². The van der Waals surface area contributed by atoms with E-state index >= 15 is 0 Å². The van der Waals surface area contributed by atoms with Crippen LogP contribution >= 0.6 is 23.2 Å². The summed E-state index contributed by atoms with van der Waals surface area (Å²) in [6.45, 7) is -0.621. The SMILES string of the molecule is N=C(N)N(CC(=O)[O-])/N=C/c1cccc(Cl)c1Cl. The van der Waals surface area contributed by atoms with E-state index in [9.17, 15) is 9.90 Å². The van der Waals surface area contributed by atoms with Gasteiger partial charge >= 0.3 is 0 Å². The van der Waals surface area contributed by atoms with Gasteiger partial charge in [-0.05, 0) is 6.07 Å². The highest BCUT2D eigenvalue weighted by Gasteiger charge is 2.06. The third-order valence-corrected chi connectivity index (χ3v) is 2.71. The Kier molecular flexibility index (Phi) is 4.94. The zero-order chi connectivity index (χ0) is 13.7. The van der Waals surface area contributed by atoms with Crippen molar-refractivity contribution in [3.05, 3.63) is 33.8 Å². The molecule has 0 aromatic heterocycles. The molecule has 0 bridgehead atoms. The number of carboxylic acids is 1. The van der Waals surface area contributed by atoms with Gasteiger partial charge in [-0.25, -0.2) is 5.01 Å². The van der Waals surface area contributed by atoms with Crippen molar-refractivity contribution in [2.75, 3.05) is 6.54 Å². The lowest BCUT2D eigenvalue weighted by molar-refractivity contribution is -0.305. The van der Waals surface area contributed by atoms with Crippen molar-refractivity contribution >= 4 is 41.3 Å². The van der Waals surface area contributed by atoms with Gasteiger partial charge in [-0.2, -0.15) is 5.10 Å². The largest absolute Gasteiger partial charge is 0.548 e. The first-order valence-electron chi connectivity index (χ1n) is 4.71. The summed E-state index contributed by atoms with van der Waals surface area (Å²) >= 11 is 11.7. The van der Waals surface area contributed by atoms with Gasteiger partial charge in [0.15, 0.2) is 0 Å². The predicted molar refractivity (Wildman–Crippen MR) is 67.7 cm³/mol. The highest BCUT2D eigenvalue weighted by molar-refractivity contribution is 6.43. The van der Waals surface area contributed by atoms with E-state index in [4.69, 9.17) is 34.3 Å². The third-order valence-electron chi connectivity index (χ3n) is 1.87. The summed E-state index contributed by atoms with van der Waals surface area (Å²) in [4.78, 5) is 10.4. The highest BCUT2D eigenvalue weighted by Crippen LogP contribution is 2.24. The summed E-state index contributed by atoms with van der Waals surface area (Å²) in [6.07, 6.45) is 1.26. The summed E-state index contributed by atoms with van der Waals surface area (Å²) in [6, 6.07) is 4.90. The molecule has 0 amide bonds. The molecule has 0 aliphatic rings. The molecule has 0 fully saturated rings. The highest BCUT2D eigenvalue weighted by atomic mass is 35.5. The number of carboxylic acid groups (broad SMARTS) is 1. The van der Waals surface area contributed by atoms with Gasteiger partial charge in [-0.3, -0.25) is 5.41 Å². The number of nitrogens with one attached hydrogen (secondary N) is 1. The van der Waals surface area contributed by atoms with E-state index in [0.717, 1.165) is 5.01 Å². The molecule has 0 radical (unpaired) electrons. The van der Waals surface area contributed by atoms with E-state index < -0.39 is 18.5 Å². The van der Waals surface area contributed by atoms with Crippen molar-refractivity contribution in [3.8, 4) is 0 Å². The molecule has 0 unspecified atom stereocenters. The molecule has 3 N–H and O–H groups in total. The number of carbonyl (C=O) groups is 1. The van der Waals surface area contributed by atoms with Crippen LogP contribution in [-0.2, 0) is 4.79 Å². The second kappa shape index (κ2) is 6.23. The Balaban J connectivity index is 2.92. The second-order valence-electron chi connectivity index (χ2n) is 3.20. The molecule has 0 atom stereocenters. The third kappa shape index (κ3) is 3.90. The first kappa shape index (κ1) is 14.3. The first-order valence-corrected chi connectivity index (χ1v) is 5.47. The maximum atomic E-state index is 10.4. The van der Waals surface area contributed by atoms with Crippen molar-refractivity contribution in [2.45, 2.75) is 0 Å². The van der Waals surface area contributed by atoms with Crippen LogP contribution in [-0.4, -0.2) is 29.7 Å². The molecule has 6 nitrogen and oxygen atoms in total. The zero-order valence-electron chi connectivity index (χ0n) is 9.06. The fraction of sp³-hybridized carbons (Fsp3) is 0.100. The smallest absolute Gasteiger partial charge is 0.209 e. The Morgan fingerprint density at radius 1 is 1.56 bits per heavy atom. The van der Waals surface area contributed by atoms with Crippen molar-refractivity contribution in [1.29, 1.82) is 5.41 Å². The number of rotatable bonds is 4. The minimum atomic E-state index is -1.40. The maximum Gasteiger partial charge on any atom is 0.209 e. The molecular weight excluding hydrogens is 279 g/mol. The fourth-order valence-corrected chi connectivity index (χ4v) is 1.42. The number of aliphatic carboxylic acids is 1. The van der Waals surface area contributed by atoms with Gasteiger partial charge in [-0.1, -0.05) is 35.3 Å². The summed E-state index contributed by atoms with van der Waals surface area (Å²) in [5, 5.41) is 22.7. The number of guanidine groups is 1. The van der Waals surface area contributed by atoms with Gasteiger partial charge in [0.1, 0.15) is 0 Å². The number of nitrogens with zero attached hydrogens (tertiary/aromatic N) is 2. The van der Waals surface area contributed by atoms with E-state index in [2.05, 4.69) is 5.10 Å². The molecule has 0 heterocycles. The van der Waals surface area contributed by atoms with Crippen molar-refractivity contribution < 1.29 is 9.90 Å². The lowest BCUT2D eigenvalue weighted by Crippen LogP contribution is -2.41. The number of hydrogen-bond acceptors (Lipinski definition) is 4. The van der Waals surface area contributed by atoms with Crippen molar-refractivity contribution in [2.24, 2.45) is 10.8 Å². The first-order chi connectivity index (χ1) is 8.41. The summed E-state index contributed by atoms with van der Waals surface area (Å²) in [5.74, 6) is -1.92. The van der Waals surface area contributed by atoms with Gasteiger partial charge in [0.05, 0.1) is 28.8 Å². The van der Waals surface area contributed by atoms with Crippen molar-refractivity contribution in [1.82, 2.24) is 5.01 Å². The molecule has 8 heteroatoms. The fourth-order valence-electron chi connectivity index (χ4n) is 1.06. The van der Waals surface area contributed by atoms with Gasteiger partial charge in [0.25, 0.3) is 0 Å². The molecule has 0 saturated carbocycles. The lowest BCUT2D eigenvalue weighted by atomic mass is 10.2. The monoisotopic (exact) mass is 287 g/mol. The second-order valence-corrected chi connectivity index (χ2v) is 3.99. The molecule has 0 spiro atoms. The van der Waals surface area contributed by atoms with Gasteiger partial charge in [0, 0.05) is 5.56 Å². The number of nitrogens with two attached hydrogens (primary N) is 1. The van der Waals surface area contributed by atoms with Crippen molar-refractivity contribution in [3.63, 3.8) is 0 Å². The van der Waals surface area contributed by atoms with Gasteiger partial charge < -0.3 is 15.6 Å². The Bertz CT molecular complexity index is 505. The molecule has 1 rings (SSSR count). The number of hydrogen-bond donors (Lipinski definition) is 2. The van der Waals surface area contributed by atoms with Gasteiger partial charge in [-0.15, -0.1) is 0 Å². The maximum absolute atomic E-state index is 10.4. The summed E-state index contributed by atoms with van der Waals surface area (Å²) in [7, 11) is 0. The average molecular weight is 288 g/mol. The lowest BCUT2D eigenvalue weighted by Gasteiger charge is -2.16. The molecule has 96 valence electrons. The minimum absolute atomic E-state index is 0.278. The zero-order valence-corrected chi connectivity index (χ0v) is 10.6. The molecular formula is C10H9Cl2N4O2-. The number of benzene rings is 1. The minimum Gasteiger partial charge on any atom is -0.548 e.